The number of nitrogens with zero attached hydrogens (tertiary/aromatic N) is 1. The Morgan fingerprint density at radius 2 is 2.10 bits per heavy atom. The number of benzene rings is 1. The fourth-order valence-electron chi connectivity index (χ4n) is 3.14. The Labute approximate surface area is 133 Å². The van der Waals surface area contributed by atoms with E-state index in [1.54, 1.807) is 0 Å². The van der Waals surface area contributed by atoms with Gasteiger partial charge in [0.25, 0.3) is 0 Å². The van der Waals surface area contributed by atoms with Crippen LogP contribution in [0.15, 0.2) is 18.2 Å². The molecule has 1 aromatic carbocycles. The molecule has 1 aliphatic rings. The van der Waals surface area contributed by atoms with E-state index in [1.807, 2.05) is 12.1 Å². The number of hydrogen-bond donors (Lipinski definition) is 2. The largest absolute Gasteiger partial charge is 0.391 e. The number of halogens is 1. The van der Waals surface area contributed by atoms with E-state index >= 15 is 0 Å². The number of aliphatic hydroxyl groups is 1. The second-order valence-corrected chi connectivity index (χ2v) is 6.42. The summed E-state index contributed by atoms with van der Waals surface area (Å²) in [5.41, 5.74) is 2.38. The van der Waals surface area contributed by atoms with Crippen molar-refractivity contribution in [2.24, 2.45) is 0 Å². The van der Waals surface area contributed by atoms with Crippen molar-refractivity contribution in [1.82, 2.24) is 5.32 Å². The molecule has 2 unspecified atom stereocenters. The Balaban J connectivity index is 2.17. The van der Waals surface area contributed by atoms with Gasteiger partial charge in [-0.1, -0.05) is 37.4 Å². The highest BCUT2D eigenvalue weighted by Crippen LogP contribution is 2.30. The van der Waals surface area contributed by atoms with E-state index < -0.39 is 0 Å². The summed E-state index contributed by atoms with van der Waals surface area (Å²) in [6, 6.07) is 6.25. The molecule has 1 saturated carbocycles. The van der Waals surface area contributed by atoms with Gasteiger partial charge in [-0.3, -0.25) is 0 Å². The van der Waals surface area contributed by atoms with Crippen LogP contribution in [0.1, 0.15) is 44.6 Å². The van der Waals surface area contributed by atoms with Crippen molar-refractivity contribution in [2.45, 2.75) is 57.7 Å². The molecule has 3 nitrogen and oxygen atoms in total. The van der Waals surface area contributed by atoms with Gasteiger partial charge >= 0.3 is 0 Å². The Bertz CT molecular complexity index is 452. The molecule has 1 aromatic rings. The van der Waals surface area contributed by atoms with E-state index in [2.05, 4.69) is 30.3 Å². The lowest BCUT2D eigenvalue weighted by molar-refractivity contribution is 0.106. The molecule has 0 aromatic heterocycles. The van der Waals surface area contributed by atoms with Gasteiger partial charge in [-0.15, -0.1) is 0 Å². The molecule has 2 rings (SSSR count). The van der Waals surface area contributed by atoms with Gasteiger partial charge in [0.05, 0.1) is 12.1 Å². The minimum atomic E-state index is -0.237. The second-order valence-electron chi connectivity index (χ2n) is 5.98. The van der Waals surface area contributed by atoms with Crippen LogP contribution in [0.5, 0.6) is 0 Å². The van der Waals surface area contributed by atoms with Crippen LogP contribution in [0.4, 0.5) is 5.69 Å². The maximum atomic E-state index is 10.3. The molecule has 1 aliphatic carbocycles. The lowest BCUT2D eigenvalue weighted by Crippen LogP contribution is -2.44. The van der Waals surface area contributed by atoms with Gasteiger partial charge in [0.2, 0.25) is 0 Å². The van der Waals surface area contributed by atoms with Crippen molar-refractivity contribution in [3.63, 3.8) is 0 Å². The van der Waals surface area contributed by atoms with Crippen molar-refractivity contribution in [2.75, 3.05) is 18.5 Å². The normalized spacial score (nSPS) is 22.3. The van der Waals surface area contributed by atoms with Crippen molar-refractivity contribution in [3.8, 4) is 0 Å². The first-order valence-electron chi connectivity index (χ1n) is 8.03. The first-order valence-corrected chi connectivity index (χ1v) is 8.41. The molecule has 0 saturated heterocycles. The Kier molecular flexibility index (Phi) is 6.34. The summed E-state index contributed by atoms with van der Waals surface area (Å²) in [6.07, 6.45) is 5.16. The van der Waals surface area contributed by atoms with E-state index in [1.165, 1.54) is 12.0 Å². The highest BCUT2D eigenvalue weighted by Gasteiger charge is 2.27. The summed E-state index contributed by atoms with van der Waals surface area (Å²) in [6.45, 7) is 4.02. The smallest absolute Gasteiger partial charge is 0.0743 e. The molecule has 2 N–H and O–H groups in total. The first-order chi connectivity index (χ1) is 10.1. The molecule has 0 aliphatic heterocycles. The van der Waals surface area contributed by atoms with Gasteiger partial charge in [0.1, 0.15) is 0 Å². The molecule has 4 heteroatoms. The predicted molar refractivity (Wildman–Crippen MR) is 90.1 cm³/mol. The molecule has 0 bridgehead atoms. The van der Waals surface area contributed by atoms with E-state index in [0.717, 1.165) is 49.5 Å². The van der Waals surface area contributed by atoms with E-state index in [0.29, 0.717) is 0 Å². The number of anilines is 1. The van der Waals surface area contributed by atoms with Crippen LogP contribution in [0.2, 0.25) is 5.02 Å². The van der Waals surface area contributed by atoms with E-state index in [9.17, 15) is 5.11 Å². The summed E-state index contributed by atoms with van der Waals surface area (Å²) in [5.74, 6) is 0. The predicted octanol–water partition coefficient (Wildman–Crippen LogP) is 3.58. The molecule has 0 radical (unpaired) electrons. The molecule has 118 valence electrons. The summed E-state index contributed by atoms with van der Waals surface area (Å²) in [5, 5.41) is 14.5. The molecular formula is C17H27ClN2O. The van der Waals surface area contributed by atoms with Gasteiger partial charge in [-0.25, -0.2) is 0 Å². The summed E-state index contributed by atoms with van der Waals surface area (Å²) in [4.78, 5) is 2.22. The monoisotopic (exact) mass is 310 g/mol. The first kappa shape index (κ1) is 16.6. The second kappa shape index (κ2) is 8.02. The van der Waals surface area contributed by atoms with Gasteiger partial charge in [-0.2, -0.15) is 0 Å². The third kappa shape index (κ3) is 4.35. The molecule has 0 spiro atoms. The summed E-state index contributed by atoms with van der Waals surface area (Å²) in [7, 11) is 2.08. The fourth-order valence-corrected chi connectivity index (χ4v) is 3.30. The van der Waals surface area contributed by atoms with Crippen LogP contribution in [-0.2, 0) is 6.54 Å². The minimum absolute atomic E-state index is 0.196. The lowest BCUT2D eigenvalue weighted by atomic mass is 9.91. The van der Waals surface area contributed by atoms with Crippen molar-refractivity contribution >= 4 is 17.3 Å². The van der Waals surface area contributed by atoms with Gasteiger partial charge < -0.3 is 15.3 Å². The van der Waals surface area contributed by atoms with Crippen LogP contribution >= 0.6 is 11.6 Å². The minimum Gasteiger partial charge on any atom is -0.391 e. The highest BCUT2D eigenvalue weighted by atomic mass is 35.5. The molecule has 0 heterocycles. The summed E-state index contributed by atoms with van der Waals surface area (Å²) < 4.78 is 0. The van der Waals surface area contributed by atoms with Crippen LogP contribution in [-0.4, -0.2) is 30.8 Å². The third-order valence-corrected chi connectivity index (χ3v) is 4.60. The third-order valence-electron chi connectivity index (χ3n) is 4.36. The Hall–Kier alpha value is -0.770. The van der Waals surface area contributed by atoms with Gasteiger partial charge in [0.15, 0.2) is 0 Å². The molecule has 1 fully saturated rings. The number of rotatable bonds is 6. The zero-order valence-electron chi connectivity index (χ0n) is 13.1. The number of likely N-dealkylation sites (N-methyl/N-ethyl adjacent to an activating group) is 1. The van der Waals surface area contributed by atoms with Crippen molar-refractivity contribution in [1.29, 1.82) is 0 Å². The average molecular weight is 311 g/mol. The maximum absolute atomic E-state index is 10.3. The zero-order valence-corrected chi connectivity index (χ0v) is 13.9. The lowest BCUT2D eigenvalue weighted by Gasteiger charge is -2.37. The van der Waals surface area contributed by atoms with Crippen LogP contribution < -0.4 is 10.2 Å². The van der Waals surface area contributed by atoms with Crippen LogP contribution in [0.3, 0.4) is 0 Å². The SMILES string of the molecule is CCCNCc1ccc(Cl)cc1N(C)C1CCCCC1O. The Morgan fingerprint density at radius 3 is 2.81 bits per heavy atom. The van der Waals surface area contributed by atoms with E-state index in [4.69, 9.17) is 11.6 Å². The van der Waals surface area contributed by atoms with Crippen LogP contribution in [0, 0.1) is 0 Å². The summed E-state index contributed by atoms with van der Waals surface area (Å²) >= 11 is 6.19. The fraction of sp³-hybridized carbons (Fsp3) is 0.647. The molecule has 21 heavy (non-hydrogen) atoms. The number of hydrogen-bond acceptors (Lipinski definition) is 3. The molecular weight excluding hydrogens is 284 g/mol. The molecule has 2 atom stereocenters. The Morgan fingerprint density at radius 1 is 1.33 bits per heavy atom. The maximum Gasteiger partial charge on any atom is 0.0743 e. The average Bonchev–Trinajstić information content (AvgIpc) is 2.49. The topological polar surface area (TPSA) is 35.5 Å². The van der Waals surface area contributed by atoms with Gasteiger partial charge in [0, 0.05) is 24.3 Å². The highest BCUT2D eigenvalue weighted by molar-refractivity contribution is 6.30. The van der Waals surface area contributed by atoms with Crippen molar-refractivity contribution in [3.05, 3.63) is 28.8 Å². The molecule has 0 amide bonds. The number of aliphatic hydroxyl groups excluding tert-OH is 1. The number of nitrogens with one attached hydrogen (secondary N) is 1. The zero-order chi connectivity index (χ0) is 15.2. The van der Waals surface area contributed by atoms with Gasteiger partial charge in [-0.05, 0) is 43.5 Å². The van der Waals surface area contributed by atoms with Crippen molar-refractivity contribution < 1.29 is 5.11 Å². The quantitative estimate of drug-likeness (QED) is 0.788. The van der Waals surface area contributed by atoms with Crippen LogP contribution in [0.25, 0.3) is 0 Å². The standard InChI is InChI=1S/C17H27ClN2O/c1-3-10-19-12-13-8-9-14(18)11-16(13)20(2)15-6-4-5-7-17(15)21/h8-9,11,15,17,19,21H,3-7,10,12H2,1-2H3. The van der Waals surface area contributed by atoms with E-state index in [-0.39, 0.29) is 12.1 Å².